The maximum Gasteiger partial charge on any atom is 0.164 e. The van der Waals surface area contributed by atoms with Gasteiger partial charge in [0.1, 0.15) is 7.14 Å². The highest BCUT2D eigenvalue weighted by molar-refractivity contribution is 7.79. The van der Waals surface area contributed by atoms with E-state index in [1.807, 2.05) is 61.3 Å². The predicted molar refractivity (Wildman–Crippen MR) is 228 cm³/mol. The molecular weight excluding hydrogens is 690 g/mol. The van der Waals surface area contributed by atoms with Crippen molar-refractivity contribution in [2.75, 3.05) is 6.66 Å². The van der Waals surface area contributed by atoms with Gasteiger partial charge in [-0.05, 0) is 61.9 Å². The summed E-state index contributed by atoms with van der Waals surface area (Å²) in [5.41, 5.74) is 11.4. The molecule has 1 atom stereocenters. The number of nitrogens with zero attached hydrogens (tertiary/aromatic N) is 3. The van der Waals surface area contributed by atoms with Crippen LogP contribution in [0.2, 0.25) is 0 Å². The van der Waals surface area contributed by atoms with Gasteiger partial charge in [-0.2, -0.15) is 0 Å². The van der Waals surface area contributed by atoms with Gasteiger partial charge in [0.25, 0.3) is 0 Å². The molecule has 0 aliphatic carbocycles. The molecule has 1 unspecified atom stereocenters. The Bertz CT molecular complexity index is 2940. The Morgan fingerprint density at radius 2 is 0.818 bits per heavy atom. The molecule has 0 spiro atoms. The van der Waals surface area contributed by atoms with Gasteiger partial charge in [0.15, 0.2) is 17.5 Å². The maximum atomic E-state index is 14.7. The first kappa shape index (κ1) is 32.9. The van der Waals surface area contributed by atoms with E-state index in [2.05, 4.69) is 133 Å². The standard InChI is InChI=1S/C50H34N3OP/c1-55(54)45-22-11-10-19-41(45)43-20-12-21-44(47(43)55)42-32-31-35-15-8-9-18-40(35)46(42)36-25-29-39(30-26-36)50-52-48(37-16-6-3-7-17-37)51-49(53-50)38-27-23-34(24-28-38)33-13-4-2-5-14-33/h2-32H,1H3. The van der Waals surface area contributed by atoms with Crippen LogP contribution in [0, 0.1) is 0 Å². The van der Waals surface area contributed by atoms with Gasteiger partial charge < -0.3 is 4.57 Å². The minimum absolute atomic E-state index is 0.603. The van der Waals surface area contributed by atoms with Crippen LogP contribution in [-0.4, -0.2) is 21.6 Å². The van der Waals surface area contributed by atoms with Gasteiger partial charge in [-0.3, -0.25) is 0 Å². The molecule has 0 N–H and O–H groups in total. The third-order valence-corrected chi connectivity index (χ3v) is 13.3. The fourth-order valence-electron chi connectivity index (χ4n) is 8.02. The molecule has 1 aliphatic heterocycles. The van der Waals surface area contributed by atoms with Crippen LogP contribution in [0.1, 0.15) is 0 Å². The summed E-state index contributed by atoms with van der Waals surface area (Å²) < 4.78 is 14.7. The normalized spacial score (nSPS) is 14.4. The lowest BCUT2D eigenvalue weighted by Crippen LogP contribution is -2.11. The summed E-state index contributed by atoms with van der Waals surface area (Å²) in [7, 11) is -2.85. The Labute approximate surface area is 320 Å². The van der Waals surface area contributed by atoms with Crippen LogP contribution in [0.4, 0.5) is 0 Å². The quantitative estimate of drug-likeness (QED) is 0.160. The Morgan fingerprint density at radius 3 is 1.47 bits per heavy atom. The Kier molecular flexibility index (Phi) is 7.94. The molecule has 0 amide bonds. The third-order valence-electron chi connectivity index (χ3n) is 10.7. The molecule has 5 heteroatoms. The minimum Gasteiger partial charge on any atom is -0.314 e. The predicted octanol–water partition coefficient (Wildman–Crippen LogP) is 12.0. The van der Waals surface area contributed by atoms with Crippen molar-refractivity contribution < 1.29 is 4.57 Å². The second-order valence-electron chi connectivity index (χ2n) is 14.0. The van der Waals surface area contributed by atoms with E-state index >= 15 is 0 Å². The van der Waals surface area contributed by atoms with Crippen LogP contribution in [0.5, 0.6) is 0 Å². The van der Waals surface area contributed by atoms with E-state index in [9.17, 15) is 4.57 Å². The molecule has 1 aliphatic rings. The Balaban J connectivity index is 1.10. The lowest BCUT2D eigenvalue weighted by Gasteiger charge is -2.19. The summed E-state index contributed by atoms with van der Waals surface area (Å²) in [6.07, 6.45) is 0. The highest BCUT2D eigenvalue weighted by Gasteiger charge is 2.37. The molecule has 0 saturated heterocycles. The summed E-state index contributed by atoms with van der Waals surface area (Å²) in [6.45, 7) is 1.92. The molecule has 10 rings (SSSR count). The molecule has 1 aromatic heterocycles. The van der Waals surface area contributed by atoms with Gasteiger partial charge in [-0.25, -0.2) is 15.0 Å². The first-order chi connectivity index (χ1) is 27.0. The third kappa shape index (κ3) is 5.71. The summed E-state index contributed by atoms with van der Waals surface area (Å²) in [6, 6.07) is 64.7. The number of hydrogen-bond acceptors (Lipinski definition) is 4. The topological polar surface area (TPSA) is 55.7 Å². The van der Waals surface area contributed by atoms with Crippen molar-refractivity contribution in [1.29, 1.82) is 0 Å². The molecule has 0 radical (unpaired) electrons. The van der Waals surface area contributed by atoms with E-state index in [-0.39, 0.29) is 0 Å². The van der Waals surface area contributed by atoms with Crippen molar-refractivity contribution in [1.82, 2.24) is 15.0 Å². The zero-order valence-corrected chi connectivity index (χ0v) is 31.0. The van der Waals surface area contributed by atoms with Crippen LogP contribution >= 0.6 is 7.14 Å². The zero-order valence-electron chi connectivity index (χ0n) is 30.1. The second kappa shape index (κ2) is 13.3. The largest absolute Gasteiger partial charge is 0.314 e. The smallest absolute Gasteiger partial charge is 0.164 e. The van der Waals surface area contributed by atoms with Gasteiger partial charge in [-0.15, -0.1) is 0 Å². The Morgan fingerprint density at radius 1 is 0.364 bits per heavy atom. The van der Waals surface area contributed by atoms with Crippen LogP contribution < -0.4 is 10.6 Å². The van der Waals surface area contributed by atoms with Crippen LogP contribution in [0.3, 0.4) is 0 Å². The van der Waals surface area contributed by atoms with Crippen LogP contribution in [0.25, 0.3) is 89.4 Å². The second-order valence-corrected chi connectivity index (χ2v) is 16.8. The number of benzene rings is 8. The van der Waals surface area contributed by atoms with Crippen molar-refractivity contribution in [3.63, 3.8) is 0 Å². The highest BCUT2D eigenvalue weighted by atomic mass is 31.2. The maximum absolute atomic E-state index is 14.7. The van der Waals surface area contributed by atoms with E-state index < -0.39 is 7.14 Å². The van der Waals surface area contributed by atoms with Gasteiger partial charge in [0.05, 0.1) is 0 Å². The molecule has 8 aromatic carbocycles. The van der Waals surface area contributed by atoms with Gasteiger partial charge >= 0.3 is 0 Å². The van der Waals surface area contributed by atoms with E-state index in [4.69, 9.17) is 15.0 Å². The molecule has 9 aromatic rings. The van der Waals surface area contributed by atoms with E-state index in [1.165, 1.54) is 0 Å². The molecule has 2 heterocycles. The summed E-state index contributed by atoms with van der Waals surface area (Å²) in [4.78, 5) is 15.0. The number of rotatable bonds is 6. The zero-order chi connectivity index (χ0) is 36.9. The molecule has 260 valence electrons. The summed E-state index contributed by atoms with van der Waals surface area (Å²) >= 11 is 0. The summed E-state index contributed by atoms with van der Waals surface area (Å²) in [5, 5.41) is 4.16. The van der Waals surface area contributed by atoms with Crippen molar-refractivity contribution in [3.8, 4) is 78.7 Å². The number of hydrogen-bond donors (Lipinski definition) is 0. The van der Waals surface area contributed by atoms with Gasteiger partial charge in [0, 0.05) is 27.3 Å². The van der Waals surface area contributed by atoms with Crippen molar-refractivity contribution in [2.24, 2.45) is 0 Å². The van der Waals surface area contributed by atoms with Crippen molar-refractivity contribution >= 4 is 28.5 Å². The molecule has 0 saturated carbocycles. The monoisotopic (exact) mass is 723 g/mol. The molecule has 4 nitrogen and oxygen atoms in total. The Hall–Kier alpha value is -6.74. The van der Waals surface area contributed by atoms with Crippen molar-refractivity contribution in [2.45, 2.75) is 0 Å². The minimum atomic E-state index is -2.85. The lowest BCUT2D eigenvalue weighted by atomic mass is 9.88. The average Bonchev–Trinajstić information content (AvgIpc) is 3.50. The lowest BCUT2D eigenvalue weighted by molar-refractivity contribution is 0.591. The average molecular weight is 724 g/mol. The molecule has 0 bridgehead atoms. The van der Waals surface area contributed by atoms with E-state index in [0.717, 1.165) is 82.6 Å². The highest BCUT2D eigenvalue weighted by Crippen LogP contribution is 2.53. The fourth-order valence-corrected chi connectivity index (χ4v) is 10.6. The molecule has 55 heavy (non-hydrogen) atoms. The van der Waals surface area contributed by atoms with Crippen molar-refractivity contribution in [3.05, 3.63) is 188 Å². The first-order valence-corrected chi connectivity index (χ1v) is 20.6. The number of fused-ring (bicyclic) bond motifs is 4. The SMILES string of the molecule is CP1(=O)c2ccccc2-c2cccc(-c3ccc4ccccc4c3-c3ccc(-c4nc(-c5ccccc5)nc(-c5ccc(-c6ccccc6)cc5)n4)cc3)c21. The van der Waals surface area contributed by atoms with Gasteiger partial charge in [0.2, 0.25) is 0 Å². The number of aromatic nitrogens is 3. The first-order valence-electron chi connectivity index (χ1n) is 18.4. The van der Waals surface area contributed by atoms with E-state index in [0.29, 0.717) is 17.5 Å². The fraction of sp³-hybridized carbons (Fsp3) is 0.0200. The van der Waals surface area contributed by atoms with E-state index in [1.54, 1.807) is 0 Å². The van der Waals surface area contributed by atoms with Crippen LogP contribution in [-0.2, 0) is 4.57 Å². The molecule has 0 fully saturated rings. The summed E-state index contributed by atoms with van der Waals surface area (Å²) in [5.74, 6) is 1.84. The van der Waals surface area contributed by atoms with Gasteiger partial charge in [-0.1, -0.05) is 188 Å². The van der Waals surface area contributed by atoms with Crippen LogP contribution in [0.15, 0.2) is 188 Å². The molecular formula is C50H34N3OP.